The average molecular weight is 1310 g/mol. The van der Waals surface area contributed by atoms with E-state index < -0.39 is 0 Å². The van der Waals surface area contributed by atoms with Crippen molar-refractivity contribution in [1.29, 1.82) is 0 Å². The lowest BCUT2D eigenvalue weighted by atomic mass is 9.33. The summed E-state index contributed by atoms with van der Waals surface area (Å²) < 4.78 is 5.13. The van der Waals surface area contributed by atoms with E-state index >= 15 is 0 Å². The summed E-state index contributed by atoms with van der Waals surface area (Å²) in [6.07, 6.45) is 0. The number of hydrogen-bond donors (Lipinski definition) is 0. The molecule has 0 bridgehead atoms. The third-order valence-electron chi connectivity index (χ3n) is 22.3. The zero-order valence-corrected chi connectivity index (χ0v) is 57.4. The van der Waals surface area contributed by atoms with Gasteiger partial charge < -0.3 is 18.9 Å². The molecule has 21 rings (SSSR count). The molecular weight excluding hydrogens is 1240 g/mol. The van der Waals surface area contributed by atoms with Gasteiger partial charge in [0.05, 0.1) is 33.4 Å². The lowest BCUT2D eigenvalue weighted by Gasteiger charge is -2.46. The minimum absolute atomic E-state index is 0.195. The molecular formula is C98H67BN4. The summed E-state index contributed by atoms with van der Waals surface area (Å²) >= 11 is 0. The van der Waals surface area contributed by atoms with E-state index in [2.05, 4.69) is 392 Å². The second kappa shape index (κ2) is 22.8. The highest BCUT2D eigenvalue weighted by Crippen LogP contribution is 2.52. The number of rotatable bonds is 8. The first-order valence-corrected chi connectivity index (χ1v) is 36.0. The van der Waals surface area contributed by atoms with Crippen LogP contribution in [0.3, 0.4) is 0 Å². The van der Waals surface area contributed by atoms with Gasteiger partial charge in [-0.15, -0.1) is 0 Å². The van der Waals surface area contributed by atoms with Crippen LogP contribution in [0.1, 0.15) is 26.3 Å². The van der Waals surface area contributed by atoms with Gasteiger partial charge in [0.15, 0.2) is 0 Å². The maximum atomic E-state index is 2.64. The van der Waals surface area contributed by atoms with Gasteiger partial charge in [-0.2, -0.15) is 0 Å². The van der Waals surface area contributed by atoms with E-state index in [1.807, 2.05) is 0 Å². The highest BCUT2D eigenvalue weighted by molar-refractivity contribution is 7.00. The molecule has 0 saturated carbocycles. The molecule has 0 fully saturated rings. The number of benzene rings is 17. The second-order valence-corrected chi connectivity index (χ2v) is 29.2. The predicted molar refractivity (Wildman–Crippen MR) is 440 cm³/mol. The molecule has 482 valence electrons. The first-order chi connectivity index (χ1) is 50.7. The molecule has 5 heteroatoms. The molecule has 0 amide bonds. The smallest absolute Gasteiger partial charge is 0.252 e. The van der Waals surface area contributed by atoms with Gasteiger partial charge in [0, 0.05) is 77.6 Å². The fraction of sp³-hybridized carbons (Fsp3) is 0.0408. The van der Waals surface area contributed by atoms with Crippen molar-refractivity contribution >= 4 is 144 Å². The Hall–Kier alpha value is -13.0. The number of fused-ring (bicyclic) bond motifs is 16. The van der Waals surface area contributed by atoms with Crippen LogP contribution in [0.5, 0.6) is 0 Å². The van der Waals surface area contributed by atoms with Crippen LogP contribution < -0.4 is 26.2 Å². The molecule has 4 nitrogen and oxygen atoms in total. The Labute approximate surface area is 598 Å². The molecule has 2 aromatic heterocycles. The van der Waals surface area contributed by atoms with Crippen LogP contribution in [0, 0.1) is 0 Å². The maximum Gasteiger partial charge on any atom is 0.252 e. The lowest BCUT2D eigenvalue weighted by molar-refractivity contribution is 0.590. The SMILES string of the molecule is CC(C)(C)c1cc2c3c(c1)N(c1ccccc1-c1ccccc1)c1cc(-n4c5ccc(-c6ccc7ccccc7c6)cc5c5ccc6ccccc6c54)ccc1B3c1ccc(-n3c4ccc(-c5ccc6ccccc6c5)cc4c4ccc5ccccc5c43)cc1N2c1ccccc1-c1ccccc1. The van der Waals surface area contributed by atoms with Gasteiger partial charge in [-0.05, 0) is 178 Å². The third kappa shape index (κ3) is 9.18. The summed E-state index contributed by atoms with van der Waals surface area (Å²) in [6.45, 7) is 6.94. The van der Waals surface area contributed by atoms with Crippen LogP contribution in [0.15, 0.2) is 352 Å². The molecule has 2 aliphatic heterocycles. The summed E-state index contributed by atoms with van der Waals surface area (Å²) in [7, 11) is 0. The number of anilines is 6. The Kier molecular flexibility index (Phi) is 13.0. The van der Waals surface area contributed by atoms with E-state index in [1.165, 1.54) is 131 Å². The lowest BCUT2D eigenvalue weighted by Crippen LogP contribution is -2.61. The summed E-state index contributed by atoms with van der Waals surface area (Å²) in [5, 5.41) is 14.7. The quantitative estimate of drug-likeness (QED) is 0.141. The van der Waals surface area contributed by atoms with E-state index in [9.17, 15) is 0 Å². The van der Waals surface area contributed by atoms with Crippen LogP contribution in [0.4, 0.5) is 34.1 Å². The van der Waals surface area contributed by atoms with Crippen LogP contribution >= 0.6 is 0 Å². The molecule has 0 spiro atoms. The molecule has 0 unspecified atom stereocenters. The third-order valence-corrected chi connectivity index (χ3v) is 22.3. The van der Waals surface area contributed by atoms with Crippen molar-refractivity contribution in [3.63, 3.8) is 0 Å². The molecule has 0 radical (unpaired) electrons. The Bertz CT molecular complexity index is 6350. The molecule has 2 aliphatic rings. The van der Waals surface area contributed by atoms with Crippen LogP contribution in [-0.4, -0.2) is 15.8 Å². The second-order valence-electron chi connectivity index (χ2n) is 29.2. The van der Waals surface area contributed by atoms with Gasteiger partial charge >= 0.3 is 0 Å². The minimum atomic E-state index is -0.272. The molecule has 0 N–H and O–H groups in total. The summed E-state index contributed by atoms with van der Waals surface area (Å²) in [4.78, 5) is 5.29. The molecule has 0 aliphatic carbocycles. The van der Waals surface area contributed by atoms with Gasteiger partial charge in [-0.1, -0.05) is 288 Å². The summed E-state index contributed by atoms with van der Waals surface area (Å²) in [5.74, 6) is 0. The molecule has 17 aromatic carbocycles. The number of para-hydroxylation sites is 2. The zero-order chi connectivity index (χ0) is 68.2. The van der Waals surface area contributed by atoms with E-state index in [0.717, 1.165) is 67.4 Å². The summed E-state index contributed by atoms with van der Waals surface area (Å²) in [5.41, 5.74) is 27.9. The van der Waals surface area contributed by atoms with Gasteiger partial charge in [0.1, 0.15) is 0 Å². The molecule has 4 heterocycles. The number of aromatic nitrogens is 2. The van der Waals surface area contributed by atoms with Crippen LogP contribution in [0.2, 0.25) is 0 Å². The van der Waals surface area contributed by atoms with E-state index in [-0.39, 0.29) is 12.1 Å². The Balaban J connectivity index is 0.853. The minimum Gasteiger partial charge on any atom is -0.311 e. The fourth-order valence-corrected chi connectivity index (χ4v) is 17.5. The van der Waals surface area contributed by atoms with Crippen molar-refractivity contribution < 1.29 is 0 Å². The van der Waals surface area contributed by atoms with E-state index in [1.54, 1.807) is 0 Å². The number of hydrogen-bond acceptors (Lipinski definition) is 2. The normalized spacial score (nSPS) is 12.7. The van der Waals surface area contributed by atoms with Gasteiger partial charge in [-0.3, -0.25) is 0 Å². The molecule has 0 atom stereocenters. The highest BCUT2D eigenvalue weighted by atomic mass is 15.2. The highest BCUT2D eigenvalue weighted by Gasteiger charge is 2.45. The molecule has 103 heavy (non-hydrogen) atoms. The zero-order valence-electron chi connectivity index (χ0n) is 57.4. The number of nitrogens with zero attached hydrogens (tertiary/aromatic N) is 4. The Morgan fingerprint density at radius 3 is 1.08 bits per heavy atom. The van der Waals surface area contributed by atoms with Crippen LogP contribution in [0.25, 0.3) is 143 Å². The topological polar surface area (TPSA) is 16.3 Å². The molecule has 19 aromatic rings. The Morgan fingerprint density at radius 2 is 0.621 bits per heavy atom. The summed E-state index contributed by atoms with van der Waals surface area (Å²) in [6, 6.07) is 133. The van der Waals surface area contributed by atoms with Crippen molar-refractivity contribution in [2.45, 2.75) is 26.2 Å². The van der Waals surface area contributed by atoms with Crippen molar-refractivity contribution in [3.05, 3.63) is 357 Å². The maximum absolute atomic E-state index is 2.64. The Morgan fingerprint density at radius 1 is 0.243 bits per heavy atom. The van der Waals surface area contributed by atoms with Gasteiger partial charge in [0.25, 0.3) is 6.71 Å². The van der Waals surface area contributed by atoms with Crippen LogP contribution in [-0.2, 0) is 5.41 Å². The first kappa shape index (κ1) is 59.0. The largest absolute Gasteiger partial charge is 0.311 e. The van der Waals surface area contributed by atoms with Crippen molar-refractivity contribution in [2.24, 2.45) is 0 Å². The average Bonchev–Trinajstić information content (AvgIpc) is 1.58. The predicted octanol–water partition coefficient (Wildman–Crippen LogP) is 24.5. The van der Waals surface area contributed by atoms with Crippen molar-refractivity contribution in [3.8, 4) is 55.9 Å². The molecule has 0 saturated heterocycles. The van der Waals surface area contributed by atoms with Gasteiger partial charge in [0.2, 0.25) is 0 Å². The fourth-order valence-electron chi connectivity index (χ4n) is 17.5. The monoisotopic (exact) mass is 1310 g/mol. The van der Waals surface area contributed by atoms with Crippen molar-refractivity contribution in [1.82, 2.24) is 9.13 Å². The first-order valence-electron chi connectivity index (χ1n) is 36.0. The van der Waals surface area contributed by atoms with E-state index in [4.69, 9.17) is 0 Å². The van der Waals surface area contributed by atoms with E-state index in [0.29, 0.717) is 0 Å². The standard InChI is InChI=1S/C98H67BN4/c1-98(2,3)74-58-93-95-94(59-74)103(88-37-21-19-33-78(88)65-26-8-5-9-27-65)92-61-76(101-90-53-45-73(71-41-39-63-23-11-13-31-69(63)55-71)57-84(90)82-49-43-67-29-15-17-35-80(67)97(82)101)47-51-86(92)99(95)85-50-46-75(60-91(85)102(93)87-36-20-18-32-77(87)64-24-6-4-7-25-64)100-89-52-44-72(70-40-38-62-22-10-12-30-68(62)54-70)56-83(89)81-48-42-66-28-14-16-34-79(66)96(81)100/h4-61H,1-3H3. The van der Waals surface area contributed by atoms with Gasteiger partial charge in [-0.25, -0.2) is 0 Å². The van der Waals surface area contributed by atoms with Crippen molar-refractivity contribution in [2.75, 3.05) is 9.80 Å².